The molecule has 0 spiro atoms. The molecule has 1 saturated heterocycles. The molecule has 8 nitrogen and oxygen atoms in total. The van der Waals surface area contributed by atoms with Crippen LogP contribution in [0.5, 0.6) is 0 Å². The molecule has 1 aliphatic heterocycles. The van der Waals surface area contributed by atoms with Crippen molar-refractivity contribution in [2.75, 3.05) is 44.6 Å². The minimum atomic E-state index is -0.246. The molecular formula is C15H24N4O4. The lowest BCUT2D eigenvalue weighted by Gasteiger charge is -2.36. The number of esters is 1. The molecule has 8 heteroatoms. The number of anilines is 1. The van der Waals surface area contributed by atoms with Crippen molar-refractivity contribution in [1.82, 2.24) is 15.0 Å². The number of hydrogen-bond acceptors (Lipinski definition) is 7. The first-order valence-corrected chi connectivity index (χ1v) is 7.85. The molecule has 0 aliphatic carbocycles. The predicted octanol–water partition coefficient (Wildman–Crippen LogP) is 0.491. The van der Waals surface area contributed by atoms with Crippen LogP contribution in [0, 0.1) is 6.92 Å². The molecule has 1 aliphatic rings. The van der Waals surface area contributed by atoms with E-state index in [4.69, 9.17) is 9.26 Å². The van der Waals surface area contributed by atoms with E-state index in [0.29, 0.717) is 24.7 Å². The Morgan fingerprint density at radius 2 is 2.09 bits per heavy atom. The summed E-state index contributed by atoms with van der Waals surface area (Å²) in [6, 6.07) is 1.43. The van der Waals surface area contributed by atoms with Gasteiger partial charge in [-0.25, -0.2) is 0 Å². The first-order chi connectivity index (χ1) is 11.0. The number of carbonyl (C=O) groups excluding carboxylic acids is 2. The SMILES string of the molecule is CCOC(=O)[C@@H](C)N1CCN(CC(=O)Nc2cc(C)on2)CC1. The molecule has 0 radical (unpaired) electrons. The highest BCUT2D eigenvalue weighted by atomic mass is 16.5. The molecule has 1 aromatic heterocycles. The summed E-state index contributed by atoms with van der Waals surface area (Å²) in [5.41, 5.74) is 0. The third-order valence-corrected chi connectivity index (χ3v) is 3.84. The maximum atomic E-state index is 12.0. The van der Waals surface area contributed by atoms with Crippen molar-refractivity contribution in [2.24, 2.45) is 0 Å². The van der Waals surface area contributed by atoms with Crippen LogP contribution in [-0.4, -0.2) is 72.2 Å². The maximum Gasteiger partial charge on any atom is 0.323 e. The molecule has 1 aromatic rings. The monoisotopic (exact) mass is 324 g/mol. The average molecular weight is 324 g/mol. The van der Waals surface area contributed by atoms with Crippen LogP contribution in [0.1, 0.15) is 19.6 Å². The van der Waals surface area contributed by atoms with Gasteiger partial charge in [-0.3, -0.25) is 19.4 Å². The molecule has 2 heterocycles. The second-order valence-electron chi connectivity index (χ2n) is 5.61. The Bertz CT molecular complexity index is 537. The van der Waals surface area contributed by atoms with Gasteiger partial charge in [0.05, 0.1) is 13.2 Å². The van der Waals surface area contributed by atoms with E-state index in [9.17, 15) is 9.59 Å². The third-order valence-electron chi connectivity index (χ3n) is 3.84. The maximum absolute atomic E-state index is 12.0. The van der Waals surface area contributed by atoms with Crippen LogP contribution in [-0.2, 0) is 14.3 Å². The molecule has 1 atom stereocenters. The Morgan fingerprint density at radius 1 is 1.39 bits per heavy atom. The van der Waals surface area contributed by atoms with Crippen LogP contribution in [0.15, 0.2) is 10.6 Å². The lowest BCUT2D eigenvalue weighted by Crippen LogP contribution is -2.53. The molecule has 0 aromatic carbocycles. The first kappa shape index (κ1) is 17.4. The highest BCUT2D eigenvalue weighted by molar-refractivity contribution is 5.91. The number of amides is 1. The fraction of sp³-hybridized carbons (Fsp3) is 0.667. The fourth-order valence-corrected chi connectivity index (χ4v) is 2.53. The summed E-state index contributed by atoms with van der Waals surface area (Å²) in [6.45, 7) is 9.05. The number of carbonyl (C=O) groups is 2. The van der Waals surface area contributed by atoms with Crippen molar-refractivity contribution in [2.45, 2.75) is 26.8 Å². The molecule has 0 saturated carbocycles. The van der Waals surface area contributed by atoms with Gasteiger partial charge in [-0.05, 0) is 20.8 Å². The topological polar surface area (TPSA) is 87.9 Å². The number of hydrogen-bond donors (Lipinski definition) is 1. The Morgan fingerprint density at radius 3 is 2.65 bits per heavy atom. The van der Waals surface area contributed by atoms with E-state index < -0.39 is 0 Å². The van der Waals surface area contributed by atoms with Crippen molar-refractivity contribution < 1.29 is 18.8 Å². The van der Waals surface area contributed by atoms with E-state index in [0.717, 1.165) is 26.2 Å². The van der Waals surface area contributed by atoms with Gasteiger partial charge in [-0.2, -0.15) is 0 Å². The normalized spacial score (nSPS) is 17.7. The Labute approximate surface area is 135 Å². The summed E-state index contributed by atoms with van der Waals surface area (Å²) in [5.74, 6) is 0.772. The summed E-state index contributed by atoms with van der Waals surface area (Å²) in [5, 5.41) is 6.44. The number of aryl methyl sites for hydroxylation is 1. The van der Waals surface area contributed by atoms with Crippen molar-refractivity contribution in [3.63, 3.8) is 0 Å². The fourth-order valence-electron chi connectivity index (χ4n) is 2.53. The number of nitrogens with one attached hydrogen (secondary N) is 1. The quantitative estimate of drug-likeness (QED) is 0.762. The Hall–Kier alpha value is -1.93. The molecule has 1 fully saturated rings. The molecule has 23 heavy (non-hydrogen) atoms. The standard InChI is InChI=1S/C15H24N4O4/c1-4-22-15(21)12(3)19-7-5-18(6-8-19)10-14(20)16-13-9-11(2)23-17-13/h9,12H,4-8,10H2,1-3H3,(H,16,17,20)/t12-/m1/s1. The average Bonchev–Trinajstić information content (AvgIpc) is 2.92. The summed E-state index contributed by atoms with van der Waals surface area (Å²) in [7, 11) is 0. The van der Waals surface area contributed by atoms with Crippen molar-refractivity contribution in [3.8, 4) is 0 Å². The lowest BCUT2D eigenvalue weighted by molar-refractivity contribution is -0.149. The van der Waals surface area contributed by atoms with Gasteiger partial charge in [-0.1, -0.05) is 5.16 Å². The van der Waals surface area contributed by atoms with Gasteiger partial charge < -0.3 is 14.6 Å². The highest BCUT2D eigenvalue weighted by Gasteiger charge is 2.27. The van der Waals surface area contributed by atoms with E-state index in [1.165, 1.54) is 0 Å². The van der Waals surface area contributed by atoms with Gasteiger partial charge in [0.15, 0.2) is 5.82 Å². The molecule has 2 rings (SSSR count). The van der Waals surface area contributed by atoms with Crippen molar-refractivity contribution >= 4 is 17.7 Å². The van der Waals surface area contributed by atoms with E-state index in [1.807, 2.05) is 6.92 Å². The van der Waals surface area contributed by atoms with Gasteiger partial charge in [0.1, 0.15) is 11.8 Å². The summed E-state index contributed by atoms with van der Waals surface area (Å²) >= 11 is 0. The van der Waals surface area contributed by atoms with Gasteiger partial charge in [0, 0.05) is 32.2 Å². The number of nitrogens with zero attached hydrogens (tertiary/aromatic N) is 3. The molecule has 1 amide bonds. The third kappa shape index (κ3) is 5.04. The zero-order chi connectivity index (χ0) is 16.8. The summed E-state index contributed by atoms with van der Waals surface area (Å²) < 4.78 is 9.95. The van der Waals surface area contributed by atoms with Gasteiger partial charge in [0.25, 0.3) is 0 Å². The lowest BCUT2D eigenvalue weighted by atomic mass is 10.2. The van der Waals surface area contributed by atoms with Crippen LogP contribution >= 0.6 is 0 Å². The zero-order valence-corrected chi connectivity index (χ0v) is 13.9. The zero-order valence-electron chi connectivity index (χ0n) is 13.9. The van der Waals surface area contributed by atoms with Crippen molar-refractivity contribution in [3.05, 3.63) is 11.8 Å². The number of rotatable bonds is 6. The van der Waals surface area contributed by atoms with Gasteiger partial charge in [-0.15, -0.1) is 0 Å². The van der Waals surface area contributed by atoms with E-state index in [1.54, 1.807) is 19.9 Å². The predicted molar refractivity (Wildman–Crippen MR) is 84.0 cm³/mol. The van der Waals surface area contributed by atoms with Crippen LogP contribution in [0.3, 0.4) is 0 Å². The second-order valence-corrected chi connectivity index (χ2v) is 5.61. The Balaban J connectivity index is 1.74. The molecular weight excluding hydrogens is 300 g/mol. The van der Waals surface area contributed by atoms with Crippen LogP contribution < -0.4 is 5.32 Å². The van der Waals surface area contributed by atoms with Gasteiger partial charge >= 0.3 is 5.97 Å². The van der Waals surface area contributed by atoms with Gasteiger partial charge in [0.2, 0.25) is 5.91 Å². The number of ether oxygens (including phenoxy) is 1. The minimum absolute atomic E-state index is 0.120. The highest BCUT2D eigenvalue weighted by Crippen LogP contribution is 2.09. The minimum Gasteiger partial charge on any atom is -0.465 e. The number of piperazine rings is 1. The van der Waals surface area contributed by atoms with Crippen LogP contribution in [0.25, 0.3) is 0 Å². The largest absolute Gasteiger partial charge is 0.465 e. The Kier molecular flexibility index (Phi) is 6.12. The van der Waals surface area contributed by atoms with Crippen molar-refractivity contribution in [1.29, 1.82) is 0 Å². The van der Waals surface area contributed by atoms with E-state index >= 15 is 0 Å². The molecule has 0 unspecified atom stereocenters. The summed E-state index contributed by atoms with van der Waals surface area (Å²) in [4.78, 5) is 27.9. The van der Waals surface area contributed by atoms with Crippen LogP contribution in [0.4, 0.5) is 5.82 Å². The van der Waals surface area contributed by atoms with E-state index in [-0.39, 0.29) is 17.9 Å². The molecule has 1 N–H and O–H groups in total. The smallest absolute Gasteiger partial charge is 0.323 e. The number of aromatic nitrogens is 1. The first-order valence-electron chi connectivity index (χ1n) is 7.85. The summed E-state index contributed by atoms with van der Waals surface area (Å²) in [6.07, 6.45) is 0. The van der Waals surface area contributed by atoms with E-state index in [2.05, 4.69) is 20.3 Å². The molecule has 0 bridgehead atoms. The van der Waals surface area contributed by atoms with Crippen LogP contribution in [0.2, 0.25) is 0 Å². The molecule has 128 valence electrons. The second kappa shape index (κ2) is 8.07.